The van der Waals surface area contributed by atoms with Gasteiger partial charge >= 0.3 is 5.97 Å². The van der Waals surface area contributed by atoms with Gasteiger partial charge in [-0.1, -0.05) is 54.6 Å². The summed E-state index contributed by atoms with van der Waals surface area (Å²) in [5, 5.41) is 10.2. The van der Waals surface area contributed by atoms with Crippen LogP contribution in [0.5, 0.6) is 5.75 Å². The lowest BCUT2D eigenvalue weighted by Crippen LogP contribution is -2.15. The molecule has 0 saturated carbocycles. The Hall–Kier alpha value is -3.73. The molecule has 0 saturated heterocycles. The van der Waals surface area contributed by atoms with Gasteiger partial charge in [0.2, 0.25) is 0 Å². The van der Waals surface area contributed by atoms with Gasteiger partial charge in [0, 0.05) is 10.8 Å². The minimum absolute atomic E-state index is 0.420. The molecule has 1 atom stereocenters. The average molecular weight is 370 g/mol. The van der Waals surface area contributed by atoms with Crippen molar-refractivity contribution in [2.75, 3.05) is 7.11 Å². The first-order valence-corrected chi connectivity index (χ1v) is 8.86. The van der Waals surface area contributed by atoms with Crippen LogP contribution in [0.2, 0.25) is 0 Å². The largest absolute Gasteiger partial charge is 0.497 e. The molecule has 1 unspecified atom stereocenters. The number of aromatic nitrogens is 2. The van der Waals surface area contributed by atoms with Gasteiger partial charge in [-0.05, 0) is 29.8 Å². The van der Waals surface area contributed by atoms with Crippen LogP contribution in [0, 0.1) is 0 Å². The van der Waals surface area contributed by atoms with E-state index >= 15 is 0 Å². The number of benzene rings is 3. The van der Waals surface area contributed by atoms with Gasteiger partial charge in [0.25, 0.3) is 0 Å². The highest BCUT2D eigenvalue weighted by Gasteiger charge is 2.24. The van der Waals surface area contributed by atoms with Gasteiger partial charge in [0.1, 0.15) is 11.4 Å². The number of nitrogens with zero attached hydrogens (tertiary/aromatic N) is 2. The van der Waals surface area contributed by atoms with E-state index in [0.717, 1.165) is 22.1 Å². The third-order valence-electron chi connectivity index (χ3n) is 4.50. The van der Waals surface area contributed by atoms with Gasteiger partial charge < -0.3 is 9.47 Å². The van der Waals surface area contributed by atoms with Crippen LogP contribution in [0.4, 0.5) is 0 Å². The van der Waals surface area contributed by atoms with Gasteiger partial charge in [0.05, 0.1) is 18.9 Å². The fourth-order valence-electron chi connectivity index (χ4n) is 3.05. The summed E-state index contributed by atoms with van der Waals surface area (Å²) in [6.07, 6.45) is 1.00. The molecule has 5 heteroatoms. The van der Waals surface area contributed by atoms with E-state index in [1.807, 2.05) is 54.6 Å². The normalized spacial score (nSPS) is 11.8. The lowest BCUT2D eigenvalue weighted by atomic mass is 10.0. The number of rotatable bonds is 5. The summed E-state index contributed by atoms with van der Waals surface area (Å²) in [5.74, 6) is 0.303. The van der Waals surface area contributed by atoms with Gasteiger partial charge in [-0.3, -0.25) is 0 Å². The Morgan fingerprint density at radius 2 is 1.61 bits per heavy atom. The number of fused-ring (bicyclic) bond motifs is 1. The quantitative estimate of drug-likeness (QED) is 0.481. The van der Waals surface area contributed by atoms with Gasteiger partial charge in [-0.2, -0.15) is 10.2 Å². The van der Waals surface area contributed by atoms with Crippen LogP contribution in [0.1, 0.15) is 27.7 Å². The van der Waals surface area contributed by atoms with E-state index in [4.69, 9.17) is 9.47 Å². The highest BCUT2D eigenvalue weighted by Crippen LogP contribution is 2.31. The maximum absolute atomic E-state index is 12.8. The van der Waals surface area contributed by atoms with Crippen molar-refractivity contribution >= 4 is 16.7 Å². The monoisotopic (exact) mass is 370 g/mol. The number of carbonyl (C=O) groups is 1. The van der Waals surface area contributed by atoms with Crippen LogP contribution >= 0.6 is 0 Å². The molecule has 0 fully saturated rings. The topological polar surface area (TPSA) is 61.3 Å². The molecular formula is C23H18N2O3. The molecule has 4 aromatic rings. The van der Waals surface area contributed by atoms with Crippen LogP contribution in [-0.4, -0.2) is 23.3 Å². The number of methoxy groups -OCH3 is 1. The molecule has 0 spiro atoms. The van der Waals surface area contributed by atoms with Crippen LogP contribution in [0.3, 0.4) is 0 Å². The molecule has 0 radical (unpaired) electrons. The summed E-state index contributed by atoms with van der Waals surface area (Å²) in [6.45, 7) is 0. The molecule has 138 valence electrons. The number of carbonyl (C=O) groups excluding carboxylic acids is 1. The zero-order valence-electron chi connectivity index (χ0n) is 15.3. The Balaban J connectivity index is 1.79. The van der Waals surface area contributed by atoms with Crippen molar-refractivity contribution < 1.29 is 14.3 Å². The predicted octanol–water partition coefficient (Wildman–Crippen LogP) is 4.58. The van der Waals surface area contributed by atoms with Crippen molar-refractivity contribution in [1.29, 1.82) is 0 Å². The third kappa shape index (κ3) is 3.55. The second kappa shape index (κ2) is 7.88. The summed E-state index contributed by atoms with van der Waals surface area (Å²) in [4.78, 5) is 12.8. The van der Waals surface area contributed by atoms with Crippen molar-refractivity contribution in [2.24, 2.45) is 0 Å². The van der Waals surface area contributed by atoms with Crippen LogP contribution in [0.15, 0.2) is 85.1 Å². The molecule has 28 heavy (non-hydrogen) atoms. The number of esters is 1. The van der Waals surface area contributed by atoms with Crippen LogP contribution in [-0.2, 0) is 4.74 Å². The summed E-state index contributed by atoms with van der Waals surface area (Å²) < 4.78 is 11.1. The lowest BCUT2D eigenvalue weighted by Gasteiger charge is -2.19. The first-order chi connectivity index (χ1) is 13.8. The maximum atomic E-state index is 12.8. The smallest absolute Gasteiger partial charge is 0.339 e. The lowest BCUT2D eigenvalue weighted by molar-refractivity contribution is 0.0372. The van der Waals surface area contributed by atoms with E-state index in [0.29, 0.717) is 11.3 Å². The van der Waals surface area contributed by atoms with E-state index in [2.05, 4.69) is 10.2 Å². The number of hydrogen-bond acceptors (Lipinski definition) is 5. The van der Waals surface area contributed by atoms with Crippen molar-refractivity contribution in [1.82, 2.24) is 10.2 Å². The summed E-state index contributed by atoms with van der Waals surface area (Å²) in [5.41, 5.74) is 1.86. The van der Waals surface area contributed by atoms with E-state index in [1.54, 1.807) is 37.6 Å². The molecule has 1 aromatic heterocycles. The zero-order chi connectivity index (χ0) is 19.3. The Kier molecular flexibility index (Phi) is 4.97. The number of ether oxygens (including phenoxy) is 2. The molecule has 0 aliphatic heterocycles. The van der Waals surface area contributed by atoms with E-state index in [9.17, 15) is 4.79 Å². The second-order valence-corrected chi connectivity index (χ2v) is 6.24. The molecular weight excluding hydrogens is 352 g/mol. The van der Waals surface area contributed by atoms with Crippen LogP contribution < -0.4 is 4.74 Å². The molecule has 0 aliphatic rings. The molecule has 0 bridgehead atoms. The summed E-state index contributed by atoms with van der Waals surface area (Å²) in [7, 11) is 1.61. The average Bonchev–Trinajstić information content (AvgIpc) is 2.78. The molecule has 5 nitrogen and oxygen atoms in total. The Bertz CT molecular complexity index is 1090. The van der Waals surface area contributed by atoms with E-state index < -0.39 is 12.1 Å². The molecule has 0 amide bonds. The van der Waals surface area contributed by atoms with Gasteiger partial charge in [0.15, 0.2) is 6.10 Å². The first-order valence-electron chi connectivity index (χ1n) is 8.86. The fourth-order valence-corrected chi connectivity index (χ4v) is 3.05. The van der Waals surface area contributed by atoms with E-state index in [1.165, 1.54) is 0 Å². The van der Waals surface area contributed by atoms with Gasteiger partial charge in [-0.15, -0.1) is 0 Å². The minimum Gasteiger partial charge on any atom is -0.497 e. The fraction of sp³-hybridized carbons (Fsp3) is 0.0870. The molecule has 3 aromatic carbocycles. The van der Waals surface area contributed by atoms with Crippen molar-refractivity contribution in [3.63, 3.8) is 0 Å². The standard InChI is InChI=1S/C23H18N2O3/c1-27-19-13-11-16(12-14-19)22(28-23(26)17-7-3-2-4-8-17)21-20-10-6-5-9-18(20)15-24-25-21/h2-15,22H,1H3. The van der Waals surface area contributed by atoms with Crippen molar-refractivity contribution in [2.45, 2.75) is 6.10 Å². The third-order valence-corrected chi connectivity index (χ3v) is 4.50. The van der Waals surface area contributed by atoms with Gasteiger partial charge in [-0.25, -0.2) is 4.79 Å². The molecule has 4 rings (SSSR count). The van der Waals surface area contributed by atoms with Crippen LogP contribution in [0.25, 0.3) is 10.8 Å². The first kappa shape index (κ1) is 17.7. The van der Waals surface area contributed by atoms with Crippen molar-refractivity contribution in [3.05, 3.63) is 102 Å². The predicted molar refractivity (Wildman–Crippen MR) is 106 cm³/mol. The zero-order valence-corrected chi connectivity index (χ0v) is 15.3. The van der Waals surface area contributed by atoms with E-state index in [-0.39, 0.29) is 0 Å². The summed E-state index contributed by atoms with van der Waals surface area (Å²) >= 11 is 0. The molecule has 1 heterocycles. The maximum Gasteiger partial charge on any atom is 0.339 e. The minimum atomic E-state index is -0.697. The number of hydrogen-bond donors (Lipinski definition) is 0. The Labute approximate surface area is 162 Å². The highest BCUT2D eigenvalue weighted by atomic mass is 16.5. The molecule has 0 aliphatic carbocycles. The Morgan fingerprint density at radius 3 is 2.36 bits per heavy atom. The Morgan fingerprint density at radius 1 is 0.893 bits per heavy atom. The van der Waals surface area contributed by atoms with Crippen molar-refractivity contribution in [3.8, 4) is 5.75 Å². The second-order valence-electron chi connectivity index (χ2n) is 6.24. The molecule has 0 N–H and O–H groups in total. The SMILES string of the molecule is COc1ccc(C(OC(=O)c2ccccc2)c2nncc3ccccc23)cc1. The summed E-state index contributed by atoms with van der Waals surface area (Å²) in [6, 6.07) is 24.1. The highest BCUT2D eigenvalue weighted by molar-refractivity contribution is 5.90.